The van der Waals surface area contributed by atoms with E-state index in [0.29, 0.717) is 33.9 Å². The van der Waals surface area contributed by atoms with Crippen LogP contribution in [0.15, 0.2) is 23.3 Å². The molecule has 186 valence electrons. The van der Waals surface area contributed by atoms with Crippen molar-refractivity contribution < 1.29 is 4.79 Å². The second kappa shape index (κ2) is 9.32. The maximum atomic E-state index is 12.8. The van der Waals surface area contributed by atoms with Crippen LogP contribution in [0.1, 0.15) is 76.2 Å². The molecule has 1 aromatic rings. The molecular weight excluding hydrogens is 458 g/mol. The number of likely N-dealkylation sites (tertiary alicyclic amines) is 2. The summed E-state index contributed by atoms with van der Waals surface area (Å²) in [7, 11) is 0. The van der Waals surface area contributed by atoms with E-state index in [1.165, 1.54) is 57.2 Å². The highest BCUT2D eigenvalue weighted by Gasteiger charge is 2.50. The molecule has 0 radical (unpaired) electrons. The van der Waals surface area contributed by atoms with E-state index in [1.54, 1.807) is 0 Å². The Labute approximate surface area is 213 Å². The van der Waals surface area contributed by atoms with Crippen molar-refractivity contribution in [2.24, 2.45) is 22.4 Å². The number of amidine groups is 1. The van der Waals surface area contributed by atoms with Gasteiger partial charge < -0.3 is 9.80 Å². The number of nitriles is 1. The van der Waals surface area contributed by atoms with Crippen LogP contribution in [0.4, 0.5) is 5.69 Å². The number of anilines is 1. The molecule has 0 aromatic heterocycles. The summed E-state index contributed by atoms with van der Waals surface area (Å²) in [6.45, 7) is 4.03. The molecule has 6 nitrogen and oxygen atoms in total. The van der Waals surface area contributed by atoms with Crippen LogP contribution in [0.25, 0.3) is 0 Å². The lowest BCUT2D eigenvalue weighted by Crippen LogP contribution is -2.52. The van der Waals surface area contributed by atoms with Gasteiger partial charge >= 0.3 is 0 Å². The fourth-order valence-corrected chi connectivity index (χ4v) is 7.62. The van der Waals surface area contributed by atoms with Gasteiger partial charge in [0.25, 0.3) is 0 Å². The van der Waals surface area contributed by atoms with E-state index >= 15 is 0 Å². The van der Waals surface area contributed by atoms with E-state index in [4.69, 9.17) is 16.7 Å². The zero-order chi connectivity index (χ0) is 24.0. The van der Waals surface area contributed by atoms with E-state index in [1.807, 2.05) is 18.2 Å². The lowest BCUT2D eigenvalue weighted by Gasteiger charge is -2.52. The molecule has 1 atom stereocenters. The average molecular weight is 494 g/mol. The Morgan fingerprint density at radius 2 is 1.77 bits per heavy atom. The first-order valence-corrected chi connectivity index (χ1v) is 14.0. The number of carbonyl (C=O) groups is 1. The van der Waals surface area contributed by atoms with Crippen molar-refractivity contribution in [1.82, 2.24) is 9.80 Å². The summed E-state index contributed by atoms with van der Waals surface area (Å²) in [5.41, 5.74) is 1.89. The Balaban J connectivity index is 1.12. The fraction of sp³-hybridized carbons (Fsp3) is 0.679. The monoisotopic (exact) mass is 493 g/mol. The van der Waals surface area contributed by atoms with Crippen molar-refractivity contribution in [3.8, 4) is 6.07 Å². The summed E-state index contributed by atoms with van der Waals surface area (Å²) in [5.74, 6) is 2.56. The summed E-state index contributed by atoms with van der Waals surface area (Å²) < 4.78 is 0. The molecule has 4 fully saturated rings. The highest BCUT2D eigenvalue weighted by molar-refractivity contribution is 6.32. The van der Waals surface area contributed by atoms with Crippen LogP contribution < -0.4 is 5.01 Å². The molecular formula is C28H36ClN5O. The molecule has 35 heavy (non-hydrogen) atoms. The molecule has 6 rings (SSSR count). The van der Waals surface area contributed by atoms with Crippen molar-refractivity contribution >= 4 is 29.0 Å². The molecule has 5 aliphatic rings. The van der Waals surface area contributed by atoms with Gasteiger partial charge in [0.05, 0.1) is 22.3 Å². The van der Waals surface area contributed by atoms with Gasteiger partial charge in [0, 0.05) is 38.5 Å². The van der Waals surface area contributed by atoms with Gasteiger partial charge in [0.2, 0.25) is 5.91 Å². The lowest BCUT2D eigenvalue weighted by atomic mass is 9.57. The van der Waals surface area contributed by atoms with Gasteiger partial charge in [-0.1, -0.05) is 24.4 Å². The summed E-state index contributed by atoms with van der Waals surface area (Å²) in [6, 6.07) is 8.26. The van der Waals surface area contributed by atoms with Crippen LogP contribution >= 0.6 is 11.6 Å². The van der Waals surface area contributed by atoms with E-state index < -0.39 is 0 Å². The maximum absolute atomic E-state index is 12.8. The number of carbonyl (C=O) groups excluding carboxylic acids is 1. The molecule has 2 aliphatic carbocycles. The molecule has 3 aliphatic heterocycles. The first-order chi connectivity index (χ1) is 17.0. The highest BCUT2D eigenvalue weighted by Crippen LogP contribution is 2.53. The second-order valence-electron chi connectivity index (χ2n) is 11.6. The van der Waals surface area contributed by atoms with Crippen LogP contribution in [-0.4, -0.2) is 53.8 Å². The van der Waals surface area contributed by atoms with E-state index in [2.05, 4.69) is 20.9 Å². The van der Waals surface area contributed by atoms with E-state index in [0.717, 1.165) is 51.1 Å². The first-order valence-electron chi connectivity index (χ1n) is 13.7. The summed E-state index contributed by atoms with van der Waals surface area (Å²) in [4.78, 5) is 17.4. The molecule has 1 unspecified atom stereocenters. The normalized spacial score (nSPS) is 26.8. The van der Waals surface area contributed by atoms with Gasteiger partial charge in [-0.05, 0) is 80.9 Å². The number of nitrogens with zero attached hydrogens (tertiary/aromatic N) is 5. The molecule has 3 heterocycles. The average Bonchev–Trinajstić information content (AvgIpc) is 3.63. The topological polar surface area (TPSA) is 62.9 Å². The molecule has 1 amide bonds. The summed E-state index contributed by atoms with van der Waals surface area (Å²) >= 11 is 6.39. The third-order valence-corrected chi connectivity index (χ3v) is 9.84. The van der Waals surface area contributed by atoms with Gasteiger partial charge in [0.1, 0.15) is 11.9 Å². The van der Waals surface area contributed by atoms with Gasteiger partial charge in [-0.15, -0.1) is 0 Å². The van der Waals surface area contributed by atoms with E-state index in [-0.39, 0.29) is 5.92 Å². The number of amides is 1. The third kappa shape index (κ3) is 4.31. The van der Waals surface area contributed by atoms with Crippen LogP contribution in [0, 0.1) is 28.6 Å². The number of hydrogen-bond donors (Lipinski definition) is 0. The number of benzene rings is 1. The van der Waals surface area contributed by atoms with Crippen molar-refractivity contribution in [1.29, 1.82) is 5.26 Å². The Kier molecular flexibility index (Phi) is 6.16. The molecule has 2 saturated carbocycles. The van der Waals surface area contributed by atoms with Crippen LogP contribution in [0.3, 0.4) is 0 Å². The van der Waals surface area contributed by atoms with Crippen molar-refractivity contribution in [3.63, 3.8) is 0 Å². The number of halogens is 1. The molecule has 7 heteroatoms. The predicted octanol–water partition coefficient (Wildman–Crippen LogP) is 5.41. The Morgan fingerprint density at radius 1 is 1.06 bits per heavy atom. The molecule has 0 N–H and O–H groups in total. The first kappa shape index (κ1) is 23.2. The third-order valence-electron chi connectivity index (χ3n) is 9.53. The minimum Gasteiger partial charge on any atom is -0.359 e. The smallest absolute Gasteiger partial charge is 0.225 e. The van der Waals surface area contributed by atoms with Gasteiger partial charge in [0.15, 0.2) is 0 Å². The molecule has 2 saturated heterocycles. The molecule has 1 spiro atoms. The van der Waals surface area contributed by atoms with Gasteiger partial charge in [-0.2, -0.15) is 10.4 Å². The van der Waals surface area contributed by atoms with Crippen molar-refractivity contribution in [2.75, 3.05) is 31.2 Å². The minimum absolute atomic E-state index is 0.270. The highest BCUT2D eigenvalue weighted by atomic mass is 35.5. The molecule has 1 aromatic carbocycles. The number of rotatable bonds is 3. The minimum atomic E-state index is 0.270. The largest absolute Gasteiger partial charge is 0.359 e. The summed E-state index contributed by atoms with van der Waals surface area (Å²) in [6.07, 6.45) is 13.0. The number of piperidine rings is 1. The van der Waals surface area contributed by atoms with Crippen LogP contribution in [0.2, 0.25) is 5.02 Å². The quantitative estimate of drug-likeness (QED) is 0.564. The maximum Gasteiger partial charge on any atom is 0.225 e. The summed E-state index contributed by atoms with van der Waals surface area (Å²) in [5, 5.41) is 17.1. The van der Waals surface area contributed by atoms with Crippen LogP contribution in [-0.2, 0) is 4.79 Å². The van der Waals surface area contributed by atoms with Crippen molar-refractivity contribution in [3.05, 3.63) is 28.8 Å². The standard InChI is InChI=1S/C28H36ClN5O/c29-24-15-23(8-7-21(24)19-30)34-25(20-5-1-2-6-20)16-26(31-34)32-13-9-28(10-14-32)17-22(18-28)27(35)33-11-3-4-12-33/h7-8,15,20,22,25H,1-6,9-14,16-18H2. The lowest BCUT2D eigenvalue weighted by molar-refractivity contribution is -0.144. The fourth-order valence-electron chi connectivity index (χ4n) is 7.40. The molecule has 0 bridgehead atoms. The Morgan fingerprint density at radius 3 is 2.43 bits per heavy atom. The zero-order valence-corrected chi connectivity index (χ0v) is 21.3. The predicted molar refractivity (Wildman–Crippen MR) is 138 cm³/mol. The Bertz CT molecular complexity index is 1040. The van der Waals surface area contributed by atoms with Gasteiger partial charge in [-0.3, -0.25) is 9.80 Å². The number of hydrazone groups is 1. The van der Waals surface area contributed by atoms with Gasteiger partial charge in [-0.25, -0.2) is 0 Å². The Hall–Kier alpha value is -2.26. The van der Waals surface area contributed by atoms with Crippen molar-refractivity contribution in [2.45, 2.75) is 76.7 Å². The van der Waals surface area contributed by atoms with Crippen LogP contribution in [0.5, 0.6) is 0 Å². The second-order valence-corrected chi connectivity index (χ2v) is 12.0. The zero-order valence-electron chi connectivity index (χ0n) is 20.6. The van der Waals surface area contributed by atoms with E-state index in [9.17, 15) is 10.1 Å². The number of hydrogen-bond acceptors (Lipinski definition) is 5. The SMILES string of the molecule is N#Cc1ccc(N2N=C(N3CCC4(CC3)CC(C(=O)N3CCCC3)C4)CC2C2CCCC2)cc1Cl.